The number of alkyl carbamates (subject to hydrolysis) is 1. The summed E-state index contributed by atoms with van der Waals surface area (Å²) in [6.45, 7) is 6.84. The Balaban J connectivity index is 2.73. The molecule has 1 heterocycles. The number of cyclic esters (lactones) is 1. The van der Waals surface area contributed by atoms with E-state index in [1.807, 2.05) is 6.92 Å². The molecule has 2 N–H and O–H groups in total. The van der Waals surface area contributed by atoms with Crippen LogP contribution in [0.5, 0.6) is 0 Å². The minimum atomic E-state index is -1.34. The van der Waals surface area contributed by atoms with Crippen molar-refractivity contribution in [3.05, 3.63) is 0 Å². The summed E-state index contributed by atoms with van der Waals surface area (Å²) in [6.07, 6.45) is -0.268. The van der Waals surface area contributed by atoms with E-state index in [1.165, 1.54) is 0 Å². The van der Waals surface area contributed by atoms with Crippen molar-refractivity contribution in [1.29, 1.82) is 0 Å². The van der Waals surface area contributed by atoms with Crippen molar-refractivity contribution in [3.8, 4) is 0 Å². The molecule has 7 nitrogen and oxygen atoms in total. The third-order valence-corrected chi connectivity index (χ3v) is 2.90. The van der Waals surface area contributed by atoms with Gasteiger partial charge in [-0.15, -0.1) is 0 Å². The van der Waals surface area contributed by atoms with Crippen LogP contribution in [0.1, 0.15) is 40.5 Å². The molecule has 0 aromatic rings. The summed E-state index contributed by atoms with van der Waals surface area (Å²) < 4.78 is 10.0. The first-order valence-electron chi connectivity index (χ1n) is 6.57. The zero-order valence-corrected chi connectivity index (χ0v) is 12.1. The van der Waals surface area contributed by atoms with Crippen molar-refractivity contribution in [1.82, 2.24) is 5.32 Å². The number of aliphatic carboxylic acids is 1. The highest BCUT2D eigenvalue weighted by molar-refractivity contribution is 5.87. The van der Waals surface area contributed by atoms with E-state index < -0.39 is 35.6 Å². The van der Waals surface area contributed by atoms with Gasteiger partial charge in [0, 0.05) is 6.42 Å². The van der Waals surface area contributed by atoms with E-state index in [2.05, 4.69) is 5.32 Å². The van der Waals surface area contributed by atoms with Gasteiger partial charge in [-0.1, -0.05) is 6.92 Å². The smallest absolute Gasteiger partial charge is 0.408 e. The third-order valence-electron chi connectivity index (χ3n) is 2.90. The van der Waals surface area contributed by atoms with E-state index in [0.717, 1.165) is 0 Å². The number of rotatable bonds is 4. The molecule has 0 bridgehead atoms. The molecule has 0 aromatic carbocycles. The molecule has 1 saturated heterocycles. The van der Waals surface area contributed by atoms with Gasteiger partial charge in [0.1, 0.15) is 17.7 Å². The molecule has 7 heteroatoms. The normalized spacial score (nSPS) is 23.9. The van der Waals surface area contributed by atoms with Crippen molar-refractivity contribution >= 4 is 18.0 Å². The number of carboxylic acid groups (broad SMARTS) is 1. The summed E-state index contributed by atoms with van der Waals surface area (Å²) >= 11 is 0. The van der Waals surface area contributed by atoms with Crippen LogP contribution in [0.4, 0.5) is 4.79 Å². The fraction of sp³-hybridized carbons (Fsp3) is 0.769. The molecule has 3 atom stereocenters. The molecule has 0 saturated carbocycles. The second kappa shape index (κ2) is 6.11. The van der Waals surface area contributed by atoms with Crippen LogP contribution < -0.4 is 5.32 Å². The number of ether oxygens (including phenoxy) is 2. The van der Waals surface area contributed by atoms with Crippen LogP contribution in [-0.4, -0.2) is 40.9 Å². The van der Waals surface area contributed by atoms with Gasteiger partial charge in [-0.25, -0.2) is 9.59 Å². The largest absolute Gasteiger partial charge is 0.480 e. The molecule has 1 fully saturated rings. The average Bonchev–Trinajstić information content (AvgIpc) is 2.64. The van der Waals surface area contributed by atoms with Gasteiger partial charge in [-0.05, 0) is 27.2 Å². The Morgan fingerprint density at radius 3 is 2.50 bits per heavy atom. The van der Waals surface area contributed by atoms with Crippen LogP contribution >= 0.6 is 0 Å². The van der Waals surface area contributed by atoms with Crippen molar-refractivity contribution in [2.45, 2.75) is 58.3 Å². The molecule has 1 unspecified atom stereocenters. The third kappa shape index (κ3) is 4.40. The Morgan fingerprint density at radius 1 is 1.50 bits per heavy atom. The Kier molecular flexibility index (Phi) is 4.97. The minimum Gasteiger partial charge on any atom is -0.480 e. The van der Waals surface area contributed by atoms with Gasteiger partial charge in [-0.2, -0.15) is 0 Å². The second-order valence-electron chi connectivity index (χ2n) is 5.77. The monoisotopic (exact) mass is 287 g/mol. The van der Waals surface area contributed by atoms with Crippen LogP contribution in [0.2, 0.25) is 0 Å². The van der Waals surface area contributed by atoms with E-state index in [4.69, 9.17) is 9.47 Å². The summed E-state index contributed by atoms with van der Waals surface area (Å²) in [4.78, 5) is 34.6. The van der Waals surface area contributed by atoms with Crippen LogP contribution in [0.3, 0.4) is 0 Å². The number of hydrogen-bond acceptors (Lipinski definition) is 5. The Labute approximate surface area is 117 Å². The summed E-state index contributed by atoms with van der Waals surface area (Å²) in [7, 11) is 0. The first-order chi connectivity index (χ1) is 9.14. The summed E-state index contributed by atoms with van der Waals surface area (Å²) in [5, 5.41) is 11.4. The standard InChI is InChI=1S/C13H21NO6/c1-5-7-6-8(11(17)19-7)9(10(15)16)14-12(18)20-13(2,3)4/h7-9H,5-6H2,1-4H3,(H,14,18)(H,15,16)/t7-,8-,9?/m0/s1. The van der Waals surface area contributed by atoms with Crippen molar-refractivity contribution in [2.24, 2.45) is 5.92 Å². The Bertz CT molecular complexity index is 400. The summed E-state index contributed by atoms with van der Waals surface area (Å²) in [6, 6.07) is -1.34. The molecule has 20 heavy (non-hydrogen) atoms. The lowest BCUT2D eigenvalue weighted by Crippen LogP contribution is -2.49. The van der Waals surface area contributed by atoms with Gasteiger partial charge >= 0.3 is 18.0 Å². The number of hydrogen-bond donors (Lipinski definition) is 2. The van der Waals surface area contributed by atoms with Gasteiger partial charge < -0.3 is 19.9 Å². The highest BCUT2D eigenvalue weighted by Gasteiger charge is 2.43. The lowest BCUT2D eigenvalue weighted by molar-refractivity contribution is -0.150. The van der Waals surface area contributed by atoms with E-state index in [0.29, 0.717) is 6.42 Å². The van der Waals surface area contributed by atoms with Gasteiger partial charge in [0.05, 0.1) is 5.92 Å². The molecule has 0 radical (unpaired) electrons. The molecule has 1 aliphatic heterocycles. The molecular weight excluding hydrogens is 266 g/mol. The van der Waals surface area contributed by atoms with Gasteiger partial charge in [0.25, 0.3) is 0 Å². The van der Waals surface area contributed by atoms with E-state index in [9.17, 15) is 19.5 Å². The molecule has 1 rings (SSSR count). The second-order valence-corrected chi connectivity index (χ2v) is 5.77. The predicted octanol–water partition coefficient (Wildman–Crippen LogP) is 1.31. The van der Waals surface area contributed by atoms with Gasteiger partial charge in [0.15, 0.2) is 0 Å². The zero-order valence-electron chi connectivity index (χ0n) is 12.1. The predicted molar refractivity (Wildman–Crippen MR) is 69.1 cm³/mol. The number of esters is 1. The number of carbonyl (C=O) groups excluding carboxylic acids is 2. The van der Waals surface area contributed by atoms with Crippen LogP contribution in [0, 0.1) is 5.92 Å². The Morgan fingerprint density at radius 2 is 2.10 bits per heavy atom. The molecule has 0 aliphatic carbocycles. The van der Waals surface area contributed by atoms with Crippen molar-refractivity contribution in [3.63, 3.8) is 0 Å². The van der Waals surface area contributed by atoms with Crippen molar-refractivity contribution in [2.75, 3.05) is 0 Å². The quantitative estimate of drug-likeness (QED) is 0.756. The molecule has 1 aliphatic rings. The topological polar surface area (TPSA) is 102 Å². The lowest BCUT2D eigenvalue weighted by Gasteiger charge is -2.23. The zero-order chi connectivity index (χ0) is 15.5. The van der Waals surface area contributed by atoms with E-state index >= 15 is 0 Å². The average molecular weight is 287 g/mol. The lowest BCUT2D eigenvalue weighted by atomic mass is 9.95. The van der Waals surface area contributed by atoms with Crippen LogP contribution in [0.25, 0.3) is 0 Å². The van der Waals surface area contributed by atoms with Crippen molar-refractivity contribution < 1.29 is 29.0 Å². The maximum Gasteiger partial charge on any atom is 0.408 e. The molecule has 0 aromatic heterocycles. The van der Waals surface area contributed by atoms with Gasteiger partial charge in [0.2, 0.25) is 0 Å². The summed E-state index contributed by atoms with van der Waals surface area (Å²) in [5.41, 5.74) is -0.741. The number of nitrogens with one attached hydrogen (secondary N) is 1. The highest BCUT2D eigenvalue weighted by atomic mass is 16.6. The molecule has 0 spiro atoms. The number of amides is 1. The first kappa shape index (κ1) is 16.3. The van der Waals surface area contributed by atoms with Crippen LogP contribution in [-0.2, 0) is 19.1 Å². The fourth-order valence-electron chi connectivity index (χ4n) is 1.97. The van der Waals surface area contributed by atoms with Gasteiger partial charge in [-0.3, -0.25) is 4.79 Å². The highest BCUT2D eigenvalue weighted by Crippen LogP contribution is 2.26. The molecular formula is C13H21NO6. The SMILES string of the molecule is CC[C@H]1C[C@@H](C(NC(=O)OC(C)(C)C)C(=O)O)C(=O)O1. The van der Waals surface area contributed by atoms with Crippen LogP contribution in [0.15, 0.2) is 0 Å². The summed E-state index contributed by atoms with van der Waals surface area (Å²) in [5.74, 6) is -2.76. The number of carboxylic acids is 1. The molecule has 1 amide bonds. The number of carbonyl (C=O) groups is 3. The first-order valence-corrected chi connectivity index (χ1v) is 6.57. The van der Waals surface area contributed by atoms with E-state index in [1.54, 1.807) is 20.8 Å². The fourth-order valence-corrected chi connectivity index (χ4v) is 1.97. The van der Waals surface area contributed by atoms with E-state index in [-0.39, 0.29) is 12.5 Å². The maximum atomic E-state index is 11.7. The minimum absolute atomic E-state index is 0.280. The Hall–Kier alpha value is -1.79. The molecule has 114 valence electrons. The maximum absolute atomic E-state index is 11.7.